The lowest BCUT2D eigenvalue weighted by Crippen LogP contribution is -2.31. The van der Waals surface area contributed by atoms with Gasteiger partial charge < -0.3 is 14.6 Å². The van der Waals surface area contributed by atoms with Gasteiger partial charge in [0.15, 0.2) is 0 Å². The molecule has 0 aromatic heterocycles. The highest BCUT2D eigenvalue weighted by Crippen LogP contribution is 2.11. The van der Waals surface area contributed by atoms with Crippen molar-refractivity contribution in [2.45, 2.75) is 52.2 Å². The molecule has 0 aliphatic heterocycles. The van der Waals surface area contributed by atoms with Gasteiger partial charge in [0, 0.05) is 0 Å². The Morgan fingerprint density at radius 1 is 1.33 bits per heavy atom. The van der Waals surface area contributed by atoms with E-state index >= 15 is 0 Å². The summed E-state index contributed by atoms with van der Waals surface area (Å²) in [6.07, 6.45) is -1.15. The molecule has 1 atom stereocenters. The summed E-state index contributed by atoms with van der Waals surface area (Å²) < 4.78 is 9.51. The minimum atomic E-state index is -1.15. The normalized spacial score (nSPS) is 13.1. The second kappa shape index (κ2) is 5.58. The zero-order valence-electron chi connectivity index (χ0n) is 9.57. The Morgan fingerprint density at radius 2 is 1.87 bits per heavy atom. The summed E-state index contributed by atoms with van der Waals surface area (Å²) in [5.74, 6) is -1.15. The van der Waals surface area contributed by atoms with Gasteiger partial charge >= 0.3 is 12.1 Å². The molecule has 0 aliphatic carbocycles. The third-order valence-electron chi connectivity index (χ3n) is 1.45. The molecule has 88 valence electrons. The number of carboxylic acid groups (broad SMARTS) is 1. The molecule has 0 aliphatic rings. The lowest BCUT2D eigenvalue weighted by Gasteiger charge is -2.20. The van der Waals surface area contributed by atoms with Crippen molar-refractivity contribution < 1.29 is 24.2 Å². The average molecular weight is 218 g/mol. The predicted molar refractivity (Wildman–Crippen MR) is 53.7 cm³/mol. The highest BCUT2D eigenvalue weighted by atomic mass is 16.7. The van der Waals surface area contributed by atoms with Crippen molar-refractivity contribution >= 4 is 12.1 Å². The molecule has 5 heteroatoms. The van der Waals surface area contributed by atoms with Crippen molar-refractivity contribution in [2.24, 2.45) is 0 Å². The summed E-state index contributed by atoms with van der Waals surface area (Å²) in [5.41, 5.74) is -0.674. The quantitative estimate of drug-likeness (QED) is 0.732. The minimum absolute atomic E-state index is 0.286. The molecule has 0 amide bonds. The van der Waals surface area contributed by atoms with Gasteiger partial charge in [-0.2, -0.15) is 0 Å². The first-order valence-corrected chi connectivity index (χ1v) is 4.88. The maximum atomic E-state index is 11.1. The van der Waals surface area contributed by atoms with Crippen molar-refractivity contribution in [1.82, 2.24) is 0 Å². The van der Waals surface area contributed by atoms with Crippen molar-refractivity contribution in [2.75, 3.05) is 0 Å². The number of hydrogen-bond donors (Lipinski definition) is 1. The third-order valence-corrected chi connectivity index (χ3v) is 1.45. The molecule has 1 unspecified atom stereocenters. The maximum absolute atomic E-state index is 11.1. The van der Waals surface area contributed by atoms with Crippen LogP contribution in [0.3, 0.4) is 0 Å². The fraction of sp³-hybridized carbons (Fsp3) is 0.800. The molecule has 0 radical (unpaired) electrons. The first-order chi connectivity index (χ1) is 6.76. The number of ether oxygens (including phenoxy) is 2. The molecular weight excluding hydrogens is 200 g/mol. The largest absolute Gasteiger partial charge is 0.509 e. The van der Waals surface area contributed by atoms with E-state index in [1.54, 1.807) is 20.8 Å². The van der Waals surface area contributed by atoms with Crippen LogP contribution in [0.1, 0.15) is 40.5 Å². The molecule has 0 spiro atoms. The summed E-state index contributed by atoms with van der Waals surface area (Å²) >= 11 is 0. The van der Waals surface area contributed by atoms with Crippen LogP contribution < -0.4 is 0 Å². The first-order valence-electron chi connectivity index (χ1n) is 4.88. The van der Waals surface area contributed by atoms with Crippen LogP contribution in [0.15, 0.2) is 0 Å². The van der Waals surface area contributed by atoms with E-state index in [4.69, 9.17) is 9.84 Å². The topological polar surface area (TPSA) is 72.8 Å². The van der Waals surface area contributed by atoms with Crippen LogP contribution in [0.5, 0.6) is 0 Å². The van der Waals surface area contributed by atoms with E-state index < -0.39 is 23.8 Å². The molecule has 0 rings (SSSR count). The second-order valence-corrected chi connectivity index (χ2v) is 4.20. The number of carbonyl (C=O) groups excluding carboxylic acids is 1. The van der Waals surface area contributed by atoms with Gasteiger partial charge in [-0.25, -0.2) is 9.59 Å². The number of aliphatic carboxylic acids is 1. The molecule has 0 saturated carbocycles. The van der Waals surface area contributed by atoms with Crippen LogP contribution in [0.4, 0.5) is 4.79 Å². The smallest absolute Gasteiger partial charge is 0.479 e. The van der Waals surface area contributed by atoms with Crippen LogP contribution in [-0.4, -0.2) is 28.9 Å². The summed E-state index contributed by atoms with van der Waals surface area (Å²) in [4.78, 5) is 21.8. The molecule has 0 aromatic rings. The predicted octanol–water partition coefficient (Wildman–Crippen LogP) is 2.19. The van der Waals surface area contributed by atoms with E-state index in [1.807, 2.05) is 6.92 Å². The van der Waals surface area contributed by atoms with Gasteiger partial charge in [-0.15, -0.1) is 0 Å². The van der Waals surface area contributed by atoms with E-state index in [9.17, 15) is 9.59 Å². The molecule has 0 fully saturated rings. The zero-order chi connectivity index (χ0) is 12.1. The fourth-order valence-electron chi connectivity index (χ4n) is 0.885. The fourth-order valence-corrected chi connectivity index (χ4v) is 0.885. The van der Waals surface area contributed by atoms with E-state index in [0.717, 1.165) is 0 Å². The van der Waals surface area contributed by atoms with E-state index in [1.165, 1.54) is 0 Å². The SMILES string of the molecule is CCCC(OC(=O)OC(C)(C)C)C(=O)O. The van der Waals surface area contributed by atoms with Gasteiger partial charge in [0.2, 0.25) is 6.10 Å². The lowest BCUT2D eigenvalue weighted by atomic mass is 10.2. The molecule has 0 heterocycles. The molecule has 1 N–H and O–H groups in total. The Balaban J connectivity index is 4.18. The Morgan fingerprint density at radius 3 is 2.20 bits per heavy atom. The summed E-state index contributed by atoms with van der Waals surface area (Å²) in [7, 11) is 0. The lowest BCUT2D eigenvalue weighted by molar-refractivity contribution is -0.149. The van der Waals surface area contributed by atoms with Gasteiger partial charge in [-0.3, -0.25) is 0 Å². The molecule has 0 bridgehead atoms. The Kier molecular flexibility index (Phi) is 5.11. The number of carboxylic acids is 1. The van der Waals surface area contributed by atoms with Crippen molar-refractivity contribution in [3.8, 4) is 0 Å². The number of rotatable bonds is 4. The second-order valence-electron chi connectivity index (χ2n) is 4.20. The van der Waals surface area contributed by atoms with Gasteiger partial charge in [0.05, 0.1) is 0 Å². The Hall–Kier alpha value is -1.26. The molecule has 5 nitrogen and oxygen atoms in total. The Bertz CT molecular complexity index is 228. The maximum Gasteiger partial charge on any atom is 0.509 e. The van der Waals surface area contributed by atoms with Crippen LogP contribution in [0, 0.1) is 0 Å². The number of hydrogen-bond acceptors (Lipinski definition) is 4. The van der Waals surface area contributed by atoms with Crippen LogP contribution in [0.2, 0.25) is 0 Å². The first kappa shape index (κ1) is 13.7. The van der Waals surface area contributed by atoms with Gasteiger partial charge in [-0.1, -0.05) is 13.3 Å². The standard InChI is InChI=1S/C10H18O5/c1-5-6-7(8(11)12)14-9(13)15-10(2,3)4/h7H,5-6H2,1-4H3,(H,11,12). The van der Waals surface area contributed by atoms with E-state index in [0.29, 0.717) is 6.42 Å². The molecule has 0 aromatic carbocycles. The summed E-state index contributed by atoms with van der Waals surface area (Å²) in [5, 5.41) is 8.72. The van der Waals surface area contributed by atoms with E-state index in [-0.39, 0.29) is 6.42 Å². The van der Waals surface area contributed by atoms with Crippen molar-refractivity contribution in [3.63, 3.8) is 0 Å². The van der Waals surface area contributed by atoms with Crippen molar-refractivity contribution in [3.05, 3.63) is 0 Å². The monoisotopic (exact) mass is 218 g/mol. The highest BCUT2D eigenvalue weighted by molar-refractivity contribution is 5.75. The molecule has 15 heavy (non-hydrogen) atoms. The molecular formula is C10H18O5. The van der Waals surface area contributed by atoms with E-state index in [2.05, 4.69) is 4.74 Å². The van der Waals surface area contributed by atoms with Crippen LogP contribution in [-0.2, 0) is 14.3 Å². The highest BCUT2D eigenvalue weighted by Gasteiger charge is 2.25. The zero-order valence-corrected chi connectivity index (χ0v) is 9.57. The number of carbonyl (C=O) groups is 2. The van der Waals surface area contributed by atoms with Crippen molar-refractivity contribution in [1.29, 1.82) is 0 Å². The summed E-state index contributed by atoms with van der Waals surface area (Å²) in [6.45, 7) is 6.87. The molecule has 0 saturated heterocycles. The van der Waals surface area contributed by atoms with Gasteiger partial charge in [-0.05, 0) is 27.2 Å². The van der Waals surface area contributed by atoms with Crippen LogP contribution >= 0.6 is 0 Å². The average Bonchev–Trinajstić information content (AvgIpc) is 1.99. The van der Waals surface area contributed by atoms with Gasteiger partial charge in [0.25, 0.3) is 0 Å². The third kappa shape index (κ3) is 6.76. The van der Waals surface area contributed by atoms with Gasteiger partial charge in [0.1, 0.15) is 5.60 Å². The van der Waals surface area contributed by atoms with Crippen LogP contribution in [0.25, 0.3) is 0 Å². The Labute approximate surface area is 89.4 Å². The summed E-state index contributed by atoms with van der Waals surface area (Å²) in [6, 6.07) is 0. The minimum Gasteiger partial charge on any atom is -0.479 e.